The van der Waals surface area contributed by atoms with E-state index in [-0.39, 0.29) is 5.82 Å². The Morgan fingerprint density at radius 1 is 0.885 bits per heavy atom. The number of rotatable bonds is 2. The molecule has 1 aliphatic heterocycles. The molecule has 3 aromatic carbocycles. The van der Waals surface area contributed by atoms with Crippen LogP contribution in [0.5, 0.6) is 0 Å². The van der Waals surface area contributed by atoms with E-state index in [1.54, 1.807) is 0 Å². The third-order valence-corrected chi connectivity index (χ3v) is 4.95. The van der Waals surface area contributed by atoms with Crippen LogP contribution in [0.3, 0.4) is 0 Å². The first-order chi connectivity index (χ1) is 12.5. The van der Waals surface area contributed by atoms with Crippen molar-refractivity contribution in [1.29, 1.82) is 0 Å². The van der Waals surface area contributed by atoms with Gasteiger partial charge in [0.1, 0.15) is 5.82 Å². The molecule has 0 saturated carbocycles. The van der Waals surface area contributed by atoms with Gasteiger partial charge in [-0.2, -0.15) is 0 Å². The highest BCUT2D eigenvalue weighted by atomic mass is 19.1. The third-order valence-electron chi connectivity index (χ3n) is 4.95. The van der Waals surface area contributed by atoms with E-state index >= 15 is 0 Å². The molecule has 0 unspecified atom stereocenters. The fraction of sp³-hybridized carbons (Fsp3) is 0.130. The molecule has 1 heterocycles. The highest BCUT2D eigenvalue weighted by Gasteiger charge is 2.22. The summed E-state index contributed by atoms with van der Waals surface area (Å²) in [5.41, 5.74) is 6.67. The molecule has 130 valence electrons. The van der Waals surface area contributed by atoms with Crippen LogP contribution in [0.2, 0.25) is 0 Å². The maximum absolute atomic E-state index is 13.5. The van der Waals surface area contributed by atoms with E-state index in [4.69, 9.17) is 0 Å². The van der Waals surface area contributed by atoms with Crippen molar-refractivity contribution in [2.75, 3.05) is 30.9 Å². The van der Waals surface area contributed by atoms with Gasteiger partial charge in [-0.1, -0.05) is 36.9 Å². The first-order valence-electron chi connectivity index (χ1n) is 8.60. The van der Waals surface area contributed by atoms with Crippen LogP contribution in [-0.4, -0.2) is 21.1 Å². The topological polar surface area (TPSA) is 6.48 Å². The van der Waals surface area contributed by atoms with E-state index in [1.807, 2.05) is 32.3 Å². The van der Waals surface area contributed by atoms with Crippen molar-refractivity contribution in [3.05, 3.63) is 88.0 Å². The molecule has 1 aliphatic rings. The minimum atomic E-state index is -0.223. The summed E-state index contributed by atoms with van der Waals surface area (Å²) < 4.78 is 13.5. The van der Waals surface area contributed by atoms with Crippen LogP contribution in [0, 0.1) is 5.82 Å². The van der Waals surface area contributed by atoms with E-state index in [1.165, 1.54) is 12.1 Å². The molecule has 2 nitrogen and oxygen atoms in total. The van der Waals surface area contributed by atoms with E-state index in [2.05, 4.69) is 53.8 Å². The summed E-state index contributed by atoms with van der Waals surface area (Å²) in [5, 5.41) is 2.11. The monoisotopic (exact) mass is 344 g/mol. The molecule has 0 aliphatic carbocycles. The van der Waals surface area contributed by atoms with Crippen molar-refractivity contribution >= 4 is 29.2 Å². The van der Waals surface area contributed by atoms with Gasteiger partial charge in [-0.25, -0.2) is 4.39 Å². The van der Waals surface area contributed by atoms with Gasteiger partial charge in [0.25, 0.3) is 0 Å². The molecule has 0 fully saturated rings. The number of benzene rings is 3. The molecule has 0 atom stereocenters. The fourth-order valence-electron chi connectivity index (χ4n) is 3.56. The lowest BCUT2D eigenvalue weighted by Gasteiger charge is -2.31. The fourth-order valence-corrected chi connectivity index (χ4v) is 3.56. The van der Waals surface area contributed by atoms with Gasteiger partial charge in [-0.15, -0.1) is 0 Å². The van der Waals surface area contributed by atoms with Crippen LogP contribution in [0.4, 0.5) is 21.5 Å². The van der Waals surface area contributed by atoms with E-state index < -0.39 is 0 Å². The summed E-state index contributed by atoms with van der Waals surface area (Å²) in [6.45, 7) is 4.08. The van der Waals surface area contributed by atoms with Gasteiger partial charge in [0.15, 0.2) is 0 Å². The summed E-state index contributed by atoms with van der Waals surface area (Å²) in [6.07, 6.45) is 0. The smallest absolute Gasteiger partial charge is 0.123 e. The van der Waals surface area contributed by atoms with Crippen LogP contribution in [-0.2, 0) is 0 Å². The number of anilines is 3. The minimum Gasteiger partial charge on any atom is -0.378 e. The molecule has 0 amide bonds. The highest BCUT2D eigenvalue weighted by Crippen LogP contribution is 2.38. The maximum atomic E-state index is 13.5. The quantitative estimate of drug-likeness (QED) is 0.700. The first kappa shape index (κ1) is 16.4. The molecule has 0 N–H and O–H groups in total. The zero-order valence-electron chi connectivity index (χ0n) is 15.3. The number of hydrogen-bond acceptors (Lipinski definition) is 2. The Bertz CT molecular complexity index is 1100. The van der Waals surface area contributed by atoms with Crippen molar-refractivity contribution in [2.24, 2.45) is 0 Å². The summed E-state index contributed by atoms with van der Waals surface area (Å²) in [4.78, 5) is 4.30. The summed E-state index contributed by atoms with van der Waals surface area (Å²) in [5.74, 6) is -0.223. The van der Waals surface area contributed by atoms with Gasteiger partial charge in [0.2, 0.25) is 0 Å². The Morgan fingerprint density at radius 2 is 1.62 bits per heavy atom. The Labute approximate surface area is 153 Å². The molecule has 4 rings (SSSR count). The van der Waals surface area contributed by atoms with Crippen LogP contribution >= 0.6 is 0 Å². The average molecular weight is 344 g/mol. The summed E-state index contributed by atoms with van der Waals surface area (Å²) in [7, 11) is 6.16. The Kier molecular flexibility index (Phi) is 3.80. The van der Waals surface area contributed by atoms with Gasteiger partial charge in [-0.05, 0) is 41.1 Å². The molecule has 0 bridgehead atoms. The molecule has 0 radical (unpaired) electrons. The van der Waals surface area contributed by atoms with Gasteiger partial charge >= 0.3 is 0 Å². The number of hydrogen-bond donors (Lipinski definition) is 0. The van der Waals surface area contributed by atoms with Crippen molar-refractivity contribution in [3.8, 4) is 0 Å². The maximum Gasteiger partial charge on any atom is 0.123 e. The lowest BCUT2D eigenvalue weighted by molar-refractivity contribution is 0.627. The molecule has 0 spiro atoms. The molecule has 3 heteroatoms. The summed E-state index contributed by atoms with van der Waals surface area (Å²) >= 11 is 0. The van der Waals surface area contributed by atoms with Gasteiger partial charge in [0, 0.05) is 48.9 Å². The number of halogens is 1. The normalized spacial score (nSPS) is 12.6. The molecule has 26 heavy (non-hydrogen) atoms. The van der Waals surface area contributed by atoms with Gasteiger partial charge in [-0.3, -0.25) is 0 Å². The zero-order chi connectivity index (χ0) is 18.4. The van der Waals surface area contributed by atoms with E-state index in [0.717, 1.165) is 44.2 Å². The van der Waals surface area contributed by atoms with Crippen molar-refractivity contribution < 1.29 is 4.39 Å². The largest absolute Gasteiger partial charge is 0.378 e. The van der Waals surface area contributed by atoms with Crippen molar-refractivity contribution in [1.82, 2.24) is 0 Å². The van der Waals surface area contributed by atoms with Crippen LogP contribution in [0.15, 0.2) is 60.7 Å². The molecular weight excluding hydrogens is 323 g/mol. The van der Waals surface area contributed by atoms with E-state index in [0.29, 0.717) is 0 Å². The number of nitrogens with zero attached hydrogens (tertiary/aromatic N) is 2. The van der Waals surface area contributed by atoms with Crippen molar-refractivity contribution in [2.45, 2.75) is 0 Å². The van der Waals surface area contributed by atoms with Crippen LogP contribution in [0.1, 0.15) is 11.1 Å². The van der Waals surface area contributed by atoms with Gasteiger partial charge in [0.05, 0.1) is 5.69 Å². The summed E-state index contributed by atoms with van der Waals surface area (Å²) in [6, 6.07) is 19.4. The Morgan fingerprint density at radius 3 is 2.31 bits per heavy atom. The SMILES string of the molecule is C=c1ccc2c(c1)N(C)c1cc(N(C)C)ccc1C=2c1ccc(F)cc1. The zero-order valence-corrected chi connectivity index (χ0v) is 15.3. The van der Waals surface area contributed by atoms with Crippen LogP contribution in [0.25, 0.3) is 12.2 Å². The lowest BCUT2D eigenvalue weighted by atomic mass is 9.90. The Balaban J connectivity index is 2.10. The van der Waals surface area contributed by atoms with Crippen LogP contribution < -0.4 is 20.2 Å². The predicted octanol–water partition coefficient (Wildman–Crippen LogP) is 3.63. The highest BCUT2D eigenvalue weighted by molar-refractivity contribution is 5.94. The Hall–Kier alpha value is -3.07. The first-order valence-corrected chi connectivity index (χ1v) is 8.60. The number of fused-ring (bicyclic) bond motifs is 2. The molecule has 0 aromatic heterocycles. The second kappa shape index (κ2) is 6.03. The lowest BCUT2D eigenvalue weighted by Crippen LogP contribution is -2.29. The van der Waals surface area contributed by atoms with Crippen molar-refractivity contribution in [3.63, 3.8) is 0 Å². The molecule has 3 aromatic rings. The second-order valence-corrected chi connectivity index (χ2v) is 6.89. The minimum absolute atomic E-state index is 0.223. The average Bonchev–Trinajstić information content (AvgIpc) is 2.63. The molecular formula is C23H21FN2. The predicted molar refractivity (Wildman–Crippen MR) is 108 cm³/mol. The van der Waals surface area contributed by atoms with Gasteiger partial charge < -0.3 is 9.80 Å². The third kappa shape index (κ3) is 2.57. The second-order valence-electron chi connectivity index (χ2n) is 6.89. The van der Waals surface area contributed by atoms with E-state index in [9.17, 15) is 4.39 Å². The standard InChI is InChI=1S/C23H21FN2/c1-15-5-11-19-21(13-15)26(4)22-14-18(25(2)3)10-12-20(22)23(19)16-6-8-17(24)9-7-16/h5-14H,1H2,2-4H3. The molecule has 0 saturated heterocycles.